The van der Waals surface area contributed by atoms with Crippen molar-refractivity contribution in [1.82, 2.24) is 0 Å². The first-order valence-corrected chi connectivity index (χ1v) is 12.3. The zero-order chi connectivity index (χ0) is 22.6. The maximum absolute atomic E-state index is 14.1. The van der Waals surface area contributed by atoms with Gasteiger partial charge in [0.2, 0.25) is 0 Å². The quantitative estimate of drug-likeness (QED) is 0.304. The summed E-state index contributed by atoms with van der Waals surface area (Å²) in [4.78, 5) is 0.247. The summed E-state index contributed by atoms with van der Waals surface area (Å²) in [5.41, 5.74) is 4.85. The van der Waals surface area contributed by atoms with Gasteiger partial charge in [0.25, 0.3) is 10.0 Å². The maximum atomic E-state index is 14.1. The number of rotatable bonds is 3. The van der Waals surface area contributed by atoms with Crippen molar-refractivity contribution >= 4 is 32.4 Å². The molecule has 4 nitrogen and oxygen atoms in total. The largest absolute Gasteiger partial charge is 0.458 e. The molecule has 6 rings (SSSR count). The summed E-state index contributed by atoms with van der Waals surface area (Å²) < 4.78 is 36.0. The number of hydrogen-bond donors (Lipinski definition) is 0. The van der Waals surface area contributed by atoms with Crippen LogP contribution >= 0.6 is 0 Å². The third kappa shape index (κ3) is 3.00. The molecule has 0 N–H and O–H groups in total. The van der Waals surface area contributed by atoms with Crippen LogP contribution in [0.2, 0.25) is 0 Å². The van der Waals surface area contributed by atoms with Gasteiger partial charge in [0.15, 0.2) is 0 Å². The Kier molecular flexibility index (Phi) is 4.42. The third-order valence-electron chi connectivity index (χ3n) is 6.22. The summed E-state index contributed by atoms with van der Waals surface area (Å²) in [5.74, 6) is 0.422. The van der Waals surface area contributed by atoms with E-state index in [9.17, 15) is 8.42 Å². The SMILES string of the molecule is Cc1ccc(S(=O)(=O)N2c3ccccc3C(c3ccccc3)c3oc4ccccc4c32)cc1. The Labute approximate surface area is 192 Å². The van der Waals surface area contributed by atoms with Crippen molar-refractivity contribution in [1.29, 1.82) is 0 Å². The van der Waals surface area contributed by atoms with E-state index < -0.39 is 10.0 Å². The molecule has 1 aliphatic heterocycles. The van der Waals surface area contributed by atoms with Crippen LogP contribution in [0.3, 0.4) is 0 Å². The minimum Gasteiger partial charge on any atom is -0.458 e. The van der Waals surface area contributed by atoms with Gasteiger partial charge in [-0.25, -0.2) is 12.7 Å². The zero-order valence-corrected chi connectivity index (χ0v) is 18.8. The molecule has 0 amide bonds. The number of furan rings is 1. The molecule has 1 aliphatic rings. The standard InChI is InChI=1S/C28H21NO3S/c1-19-15-17-21(18-16-19)33(30,31)29-24-13-7-5-11-22(24)26(20-9-3-2-4-10-20)28-27(29)23-12-6-8-14-25(23)32-28/h2-18,26H,1H3. The van der Waals surface area contributed by atoms with Gasteiger partial charge in [-0.15, -0.1) is 0 Å². The summed E-state index contributed by atoms with van der Waals surface area (Å²) in [5, 5.41) is 0.777. The van der Waals surface area contributed by atoms with Gasteiger partial charge in [0.1, 0.15) is 17.0 Å². The first kappa shape index (κ1) is 19.8. The number of hydrogen-bond acceptors (Lipinski definition) is 3. The van der Waals surface area contributed by atoms with Crippen LogP contribution in [-0.2, 0) is 10.0 Å². The van der Waals surface area contributed by atoms with Gasteiger partial charge in [-0.3, -0.25) is 0 Å². The Morgan fingerprint density at radius 1 is 0.758 bits per heavy atom. The van der Waals surface area contributed by atoms with Gasteiger partial charge in [-0.05, 0) is 48.4 Å². The van der Waals surface area contributed by atoms with Crippen LogP contribution in [0, 0.1) is 6.92 Å². The molecule has 4 aromatic carbocycles. The van der Waals surface area contributed by atoms with E-state index in [-0.39, 0.29) is 10.8 Å². The van der Waals surface area contributed by atoms with E-state index in [4.69, 9.17) is 4.42 Å². The molecule has 0 saturated carbocycles. The summed E-state index contributed by atoms with van der Waals surface area (Å²) >= 11 is 0. The van der Waals surface area contributed by atoms with Crippen molar-refractivity contribution in [2.45, 2.75) is 17.7 Å². The molecule has 0 radical (unpaired) electrons. The zero-order valence-electron chi connectivity index (χ0n) is 18.0. The van der Waals surface area contributed by atoms with Crippen LogP contribution in [-0.4, -0.2) is 8.42 Å². The Morgan fingerprint density at radius 2 is 1.42 bits per heavy atom. The van der Waals surface area contributed by atoms with E-state index in [1.54, 1.807) is 12.1 Å². The van der Waals surface area contributed by atoms with Crippen molar-refractivity contribution in [2.75, 3.05) is 4.31 Å². The fourth-order valence-corrected chi connectivity index (χ4v) is 6.22. The van der Waals surface area contributed by atoms with Gasteiger partial charge in [-0.1, -0.05) is 78.4 Å². The van der Waals surface area contributed by atoms with Gasteiger partial charge in [0, 0.05) is 5.39 Å². The van der Waals surface area contributed by atoms with Crippen LogP contribution in [0.25, 0.3) is 11.0 Å². The molecule has 0 bridgehead atoms. The molecule has 1 aromatic heterocycles. The number of sulfonamides is 1. The van der Waals surface area contributed by atoms with E-state index in [0.717, 1.165) is 22.1 Å². The lowest BCUT2D eigenvalue weighted by atomic mass is 9.85. The lowest BCUT2D eigenvalue weighted by Gasteiger charge is -2.34. The molecule has 5 aromatic rings. The van der Waals surface area contributed by atoms with Crippen molar-refractivity contribution in [2.24, 2.45) is 0 Å². The number of benzene rings is 4. The van der Waals surface area contributed by atoms with Gasteiger partial charge < -0.3 is 4.42 Å². The van der Waals surface area contributed by atoms with Crippen molar-refractivity contribution in [3.8, 4) is 0 Å². The number of aryl methyl sites for hydroxylation is 1. The van der Waals surface area contributed by atoms with E-state index in [1.807, 2.05) is 85.8 Å². The summed E-state index contributed by atoms with van der Waals surface area (Å²) in [6, 6.07) is 32.4. The number of nitrogens with zero attached hydrogens (tertiary/aromatic N) is 1. The van der Waals surface area contributed by atoms with Gasteiger partial charge in [-0.2, -0.15) is 0 Å². The molecular formula is C28H21NO3S. The van der Waals surface area contributed by atoms with Crippen LogP contribution in [0.1, 0.15) is 28.4 Å². The van der Waals surface area contributed by atoms with Gasteiger partial charge >= 0.3 is 0 Å². The molecule has 162 valence electrons. The van der Waals surface area contributed by atoms with Crippen LogP contribution in [0.4, 0.5) is 11.4 Å². The Bertz CT molecular complexity index is 1590. The lowest BCUT2D eigenvalue weighted by molar-refractivity contribution is 0.538. The molecule has 0 spiro atoms. The number of fused-ring (bicyclic) bond motifs is 4. The Balaban J connectivity index is 1.70. The van der Waals surface area contributed by atoms with E-state index >= 15 is 0 Å². The van der Waals surface area contributed by atoms with Crippen LogP contribution in [0.15, 0.2) is 112 Å². The normalized spacial score (nSPS) is 15.3. The smallest absolute Gasteiger partial charge is 0.268 e. The summed E-state index contributed by atoms with van der Waals surface area (Å²) in [7, 11) is -3.90. The first-order chi connectivity index (χ1) is 16.1. The number of para-hydroxylation sites is 2. The van der Waals surface area contributed by atoms with Crippen LogP contribution in [0.5, 0.6) is 0 Å². The monoisotopic (exact) mass is 451 g/mol. The van der Waals surface area contributed by atoms with Crippen molar-refractivity contribution < 1.29 is 12.8 Å². The van der Waals surface area contributed by atoms with E-state index in [1.165, 1.54) is 4.31 Å². The highest BCUT2D eigenvalue weighted by Gasteiger charge is 2.41. The molecule has 1 atom stereocenters. The predicted molar refractivity (Wildman–Crippen MR) is 131 cm³/mol. The highest BCUT2D eigenvalue weighted by atomic mass is 32.2. The first-order valence-electron chi connectivity index (χ1n) is 10.8. The molecule has 5 heteroatoms. The molecule has 0 aliphatic carbocycles. The Morgan fingerprint density at radius 3 is 2.21 bits per heavy atom. The lowest BCUT2D eigenvalue weighted by Crippen LogP contribution is -2.31. The fraction of sp³-hybridized carbons (Fsp3) is 0.0714. The second-order valence-electron chi connectivity index (χ2n) is 8.30. The molecule has 33 heavy (non-hydrogen) atoms. The molecule has 2 heterocycles. The highest BCUT2D eigenvalue weighted by molar-refractivity contribution is 7.93. The minimum atomic E-state index is -3.90. The highest BCUT2D eigenvalue weighted by Crippen LogP contribution is 2.53. The third-order valence-corrected chi connectivity index (χ3v) is 7.95. The summed E-state index contributed by atoms with van der Waals surface area (Å²) in [6.07, 6.45) is 0. The topological polar surface area (TPSA) is 50.5 Å². The van der Waals surface area contributed by atoms with Crippen LogP contribution < -0.4 is 4.31 Å². The maximum Gasteiger partial charge on any atom is 0.268 e. The van der Waals surface area contributed by atoms with Crippen molar-refractivity contribution in [3.63, 3.8) is 0 Å². The predicted octanol–water partition coefficient (Wildman–Crippen LogP) is 6.76. The average Bonchev–Trinajstić information content (AvgIpc) is 3.22. The fourth-order valence-electron chi connectivity index (χ4n) is 4.68. The molecule has 0 saturated heterocycles. The minimum absolute atomic E-state index is 0.214. The second-order valence-corrected chi connectivity index (χ2v) is 10.1. The molecule has 0 fully saturated rings. The van der Waals surface area contributed by atoms with Crippen molar-refractivity contribution in [3.05, 3.63) is 126 Å². The molecular weight excluding hydrogens is 430 g/mol. The number of anilines is 2. The average molecular weight is 452 g/mol. The van der Waals surface area contributed by atoms with E-state index in [2.05, 4.69) is 12.1 Å². The van der Waals surface area contributed by atoms with E-state index in [0.29, 0.717) is 22.7 Å². The summed E-state index contributed by atoms with van der Waals surface area (Å²) in [6.45, 7) is 1.94. The Hall–Kier alpha value is -3.83. The molecule has 1 unspecified atom stereocenters. The second kappa shape index (κ2) is 7.36. The van der Waals surface area contributed by atoms with Gasteiger partial charge in [0.05, 0.1) is 16.5 Å².